The van der Waals surface area contributed by atoms with Crippen molar-refractivity contribution in [2.75, 3.05) is 5.84 Å². The number of aryl methyl sites for hydroxylation is 3. The van der Waals surface area contributed by atoms with Crippen molar-refractivity contribution in [2.45, 2.75) is 34.2 Å². The van der Waals surface area contributed by atoms with E-state index in [4.69, 9.17) is 5.84 Å². The zero-order valence-electron chi connectivity index (χ0n) is 11.8. The van der Waals surface area contributed by atoms with Gasteiger partial charge in [-0.1, -0.05) is 12.1 Å². The van der Waals surface area contributed by atoms with Gasteiger partial charge in [0, 0.05) is 24.5 Å². The highest BCUT2D eigenvalue weighted by molar-refractivity contribution is 5.96. The predicted octanol–water partition coefficient (Wildman–Crippen LogP) is 1.00. The number of carbonyl (C=O) groups is 1. The second-order valence-electron chi connectivity index (χ2n) is 4.84. The van der Waals surface area contributed by atoms with E-state index in [9.17, 15) is 4.79 Å². The van der Waals surface area contributed by atoms with E-state index in [0.717, 1.165) is 11.4 Å². The molecule has 0 fully saturated rings. The molecule has 5 heteroatoms. The van der Waals surface area contributed by atoms with Crippen LogP contribution in [0, 0.1) is 27.7 Å². The lowest BCUT2D eigenvalue weighted by molar-refractivity contribution is -0.652. The lowest BCUT2D eigenvalue weighted by Gasteiger charge is -2.03. The maximum atomic E-state index is 12.2. The van der Waals surface area contributed by atoms with Gasteiger partial charge in [0.25, 0.3) is 11.6 Å². The molecule has 0 saturated heterocycles. The van der Waals surface area contributed by atoms with Crippen LogP contribution in [0.3, 0.4) is 0 Å². The molecule has 1 aromatic heterocycles. The van der Waals surface area contributed by atoms with Crippen LogP contribution >= 0.6 is 0 Å². The fraction of sp³-hybridized carbons (Fsp3) is 0.357. The molecule has 1 aromatic carbocycles. The zero-order valence-corrected chi connectivity index (χ0v) is 11.8. The Morgan fingerprint density at radius 1 is 1.26 bits per heavy atom. The molecule has 19 heavy (non-hydrogen) atoms. The number of aromatic nitrogens is 3. The molecule has 0 aliphatic carbocycles. The predicted molar refractivity (Wildman–Crippen MR) is 72.3 cm³/mol. The van der Waals surface area contributed by atoms with Gasteiger partial charge in [-0.05, 0) is 31.0 Å². The average molecular weight is 259 g/mol. The van der Waals surface area contributed by atoms with Crippen LogP contribution in [0.1, 0.15) is 33.1 Å². The van der Waals surface area contributed by atoms with E-state index >= 15 is 0 Å². The lowest BCUT2D eigenvalue weighted by Crippen LogP contribution is -2.48. The number of nitrogen functional groups attached to an aromatic ring is 1. The number of carbonyl (C=O) groups excluding carboxylic acids is 1. The Labute approximate surface area is 112 Å². The number of Topliss-reactive ketones (excluding diaryl/α,β-unsaturated/α-hetero) is 1. The molecule has 5 nitrogen and oxygen atoms in total. The van der Waals surface area contributed by atoms with E-state index in [1.165, 1.54) is 10.2 Å². The summed E-state index contributed by atoms with van der Waals surface area (Å²) in [5.41, 5.74) is 3.01. The van der Waals surface area contributed by atoms with E-state index < -0.39 is 0 Å². The average Bonchev–Trinajstić information content (AvgIpc) is 2.60. The first-order valence-corrected chi connectivity index (χ1v) is 6.21. The summed E-state index contributed by atoms with van der Waals surface area (Å²) >= 11 is 0. The molecule has 0 aliphatic heterocycles. The highest BCUT2D eigenvalue weighted by Crippen LogP contribution is 2.11. The van der Waals surface area contributed by atoms with Crippen LogP contribution in [0.5, 0.6) is 0 Å². The van der Waals surface area contributed by atoms with Crippen molar-refractivity contribution in [3.8, 4) is 0 Å². The standard InChI is InChI=1S/C14H19N4O/c1-9-5-6-13(7-10(9)2)14(19)8-17-12(4)18(15)11(3)16-17/h5-7H,8,15H2,1-4H3/q+1. The number of hydrogen-bond donors (Lipinski definition) is 1. The van der Waals surface area contributed by atoms with Crippen LogP contribution in [0.2, 0.25) is 0 Å². The van der Waals surface area contributed by atoms with Crippen molar-refractivity contribution in [1.29, 1.82) is 0 Å². The molecule has 0 amide bonds. The second kappa shape index (κ2) is 4.84. The van der Waals surface area contributed by atoms with Gasteiger partial charge < -0.3 is 0 Å². The van der Waals surface area contributed by atoms with Gasteiger partial charge in [-0.25, -0.2) is 0 Å². The molecule has 100 valence electrons. The van der Waals surface area contributed by atoms with Gasteiger partial charge in [0.15, 0.2) is 12.3 Å². The third-order valence-corrected chi connectivity index (χ3v) is 3.46. The lowest BCUT2D eigenvalue weighted by atomic mass is 10.0. The summed E-state index contributed by atoms with van der Waals surface area (Å²) in [6, 6.07) is 5.74. The Morgan fingerprint density at radius 3 is 2.47 bits per heavy atom. The van der Waals surface area contributed by atoms with Crippen molar-refractivity contribution >= 4 is 5.78 Å². The number of ketones is 1. The topological polar surface area (TPSA) is 64.8 Å². The maximum Gasteiger partial charge on any atom is 0.295 e. The molecule has 0 saturated carbocycles. The Kier molecular flexibility index (Phi) is 3.38. The molecule has 0 radical (unpaired) electrons. The van der Waals surface area contributed by atoms with Gasteiger partial charge in [0.1, 0.15) is 0 Å². The van der Waals surface area contributed by atoms with Gasteiger partial charge in [-0.2, -0.15) is 0 Å². The largest absolute Gasteiger partial charge is 0.295 e. The number of benzene rings is 1. The van der Waals surface area contributed by atoms with Crippen molar-refractivity contribution in [3.05, 3.63) is 46.5 Å². The third-order valence-electron chi connectivity index (χ3n) is 3.46. The van der Waals surface area contributed by atoms with Crippen molar-refractivity contribution in [2.24, 2.45) is 0 Å². The molecule has 1 heterocycles. The monoisotopic (exact) mass is 259 g/mol. The normalized spacial score (nSPS) is 10.7. The third kappa shape index (κ3) is 2.50. The Balaban J connectivity index is 2.25. The smallest absolute Gasteiger partial charge is 0.290 e. The SMILES string of the molecule is Cc1ccc(C(=O)Cn2nc(C)[n+](N)c2C)cc1C. The Hall–Kier alpha value is -2.17. The molecule has 0 atom stereocenters. The van der Waals surface area contributed by atoms with Gasteiger partial charge in [0.05, 0.1) is 0 Å². The minimum Gasteiger partial charge on any atom is -0.290 e. The van der Waals surface area contributed by atoms with Crippen LogP contribution in [-0.4, -0.2) is 15.6 Å². The van der Waals surface area contributed by atoms with Gasteiger partial charge in [-0.3, -0.25) is 10.6 Å². The molecule has 0 aliphatic rings. The van der Waals surface area contributed by atoms with E-state index in [1.54, 1.807) is 4.68 Å². The Morgan fingerprint density at radius 2 is 1.95 bits per heavy atom. The first-order chi connectivity index (χ1) is 8.90. The number of rotatable bonds is 3. The van der Waals surface area contributed by atoms with E-state index in [-0.39, 0.29) is 12.3 Å². The molecule has 0 unspecified atom stereocenters. The highest BCUT2D eigenvalue weighted by Gasteiger charge is 2.20. The van der Waals surface area contributed by atoms with Crippen LogP contribution in [0.4, 0.5) is 0 Å². The molecule has 0 bridgehead atoms. The molecule has 0 spiro atoms. The van der Waals surface area contributed by atoms with Crippen LogP contribution in [0.25, 0.3) is 0 Å². The van der Waals surface area contributed by atoms with Gasteiger partial charge in [0.2, 0.25) is 0 Å². The Bertz CT molecular complexity index is 643. The summed E-state index contributed by atoms with van der Waals surface area (Å²) in [6.07, 6.45) is 0. The molecule has 2 rings (SSSR count). The number of nitrogens with zero attached hydrogens (tertiary/aromatic N) is 3. The molecular formula is C14H19N4O+. The summed E-state index contributed by atoms with van der Waals surface area (Å²) < 4.78 is 3.11. The summed E-state index contributed by atoms with van der Waals surface area (Å²) in [7, 11) is 0. The first-order valence-electron chi connectivity index (χ1n) is 6.21. The molecular weight excluding hydrogens is 240 g/mol. The van der Waals surface area contributed by atoms with Gasteiger partial charge >= 0.3 is 0 Å². The van der Waals surface area contributed by atoms with Crippen molar-refractivity contribution in [3.63, 3.8) is 0 Å². The van der Waals surface area contributed by atoms with E-state index in [2.05, 4.69) is 5.10 Å². The summed E-state index contributed by atoms with van der Waals surface area (Å²) in [6.45, 7) is 7.89. The minimum absolute atomic E-state index is 0.0364. The summed E-state index contributed by atoms with van der Waals surface area (Å²) in [4.78, 5) is 12.2. The highest BCUT2D eigenvalue weighted by atomic mass is 16.1. The van der Waals surface area contributed by atoms with E-state index in [1.807, 2.05) is 45.9 Å². The maximum absolute atomic E-state index is 12.2. The van der Waals surface area contributed by atoms with Crippen LogP contribution < -0.4 is 10.5 Å². The van der Waals surface area contributed by atoms with Crippen LogP contribution in [0.15, 0.2) is 18.2 Å². The molecule has 2 N–H and O–H groups in total. The summed E-state index contributed by atoms with van der Waals surface area (Å²) in [5, 5.41) is 4.25. The molecule has 2 aromatic rings. The van der Waals surface area contributed by atoms with Crippen molar-refractivity contribution in [1.82, 2.24) is 9.78 Å². The first kappa shape index (κ1) is 13.3. The minimum atomic E-state index is 0.0364. The summed E-state index contributed by atoms with van der Waals surface area (Å²) in [5.74, 6) is 7.26. The van der Waals surface area contributed by atoms with Crippen LogP contribution in [-0.2, 0) is 6.54 Å². The fourth-order valence-corrected chi connectivity index (χ4v) is 1.95. The number of nitrogens with two attached hydrogens (primary N) is 1. The zero-order chi connectivity index (χ0) is 14.2. The quantitative estimate of drug-likeness (QED) is 0.508. The van der Waals surface area contributed by atoms with Gasteiger partial charge in [-0.15, -0.1) is 9.36 Å². The van der Waals surface area contributed by atoms with Crippen molar-refractivity contribution < 1.29 is 9.47 Å². The van der Waals surface area contributed by atoms with E-state index in [0.29, 0.717) is 11.4 Å². The fourth-order valence-electron chi connectivity index (χ4n) is 1.95. The number of hydrogen-bond acceptors (Lipinski definition) is 3. The second-order valence-corrected chi connectivity index (χ2v) is 4.84.